The largest absolute Gasteiger partial charge is 0.442 e. The average Bonchev–Trinajstić information content (AvgIpc) is 3.86. The van der Waals surface area contributed by atoms with Gasteiger partial charge >= 0.3 is 5.97 Å². The molecule has 5 rings (SSSR count). The number of hydrogen-bond donors (Lipinski definition) is 3. The molecule has 0 atom stereocenters. The molecule has 13 nitrogen and oxygen atoms in total. The Labute approximate surface area is 269 Å². The highest BCUT2D eigenvalue weighted by Gasteiger charge is 2.21. The molecule has 0 saturated heterocycles. The molecule has 0 bridgehead atoms. The first-order valence-corrected chi connectivity index (χ1v) is 15.4. The Balaban J connectivity index is 0.000000282. The Morgan fingerprint density at radius 1 is 1.13 bits per heavy atom. The van der Waals surface area contributed by atoms with Crippen LogP contribution < -0.4 is 5.32 Å². The number of nitrogens with one attached hydrogen (secondary N) is 1. The molecule has 1 saturated carbocycles. The van der Waals surface area contributed by atoms with Crippen molar-refractivity contribution in [1.29, 1.82) is 0 Å². The molecule has 250 valence electrons. The molecular formula is C30H39F2N7O6S. The van der Waals surface area contributed by atoms with Crippen LogP contribution in [-0.2, 0) is 21.1 Å². The molecule has 4 aromatic rings. The van der Waals surface area contributed by atoms with Crippen molar-refractivity contribution in [3.05, 3.63) is 53.6 Å². The number of hydrogen-bond acceptors (Lipinski definition) is 12. The Bertz CT molecular complexity index is 1500. The van der Waals surface area contributed by atoms with E-state index in [1.165, 1.54) is 35.3 Å². The third-order valence-corrected chi connectivity index (χ3v) is 7.24. The Morgan fingerprint density at radius 2 is 1.85 bits per heavy atom. The van der Waals surface area contributed by atoms with Gasteiger partial charge in [-0.1, -0.05) is 19.3 Å². The lowest BCUT2D eigenvalue weighted by Crippen LogP contribution is -2.13. The SMILES string of the molecule is CCO.CNc1cn(C2CCCCC2)nc1-c1nc(F)ccc1F.CO.O=CCCC(=O)OCn1cc(-c2nc(C=O)cs2)cn1. The summed E-state index contributed by atoms with van der Waals surface area (Å²) >= 11 is 1.33. The molecule has 46 heavy (non-hydrogen) atoms. The summed E-state index contributed by atoms with van der Waals surface area (Å²) in [6, 6.07) is 2.42. The normalized spacial score (nSPS) is 12.3. The molecule has 0 spiro atoms. The van der Waals surface area contributed by atoms with Crippen molar-refractivity contribution in [2.45, 2.75) is 64.6 Å². The van der Waals surface area contributed by atoms with E-state index in [4.69, 9.17) is 14.9 Å². The van der Waals surface area contributed by atoms with Crippen LogP contribution in [0.2, 0.25) is 0 Å². The van der Waals surface area contributed by atoms with Gasteiger partial charge in [-0.05, 0) is 31.9 Å². The minimum absolute atomic E-state index is 0.0242. The molecule has 4 heterocycles. The van der Waals surface area contributed by atoms with Crippen LogP contribution >= 0.6 is 11.3 Å². The molecular weight excluding hydrogens is 624 g/mol. The standard InChI is InChI=1S/C15H18F2N4.C12H11N3O4S.C2H6O.CH4O/c1-18-12-9-21(10-5-3-2-4-6-10)20-15(12)14-11(16)7-8-13(17)19-14;16-3-1-2-11(18)19-8-15-5-9(4-13-15)12-14-10(6-17)7-20-12;1-2-3;1-2/h7-10,18H,2-6H2,1H3;3-7H,1-2,8H2;3H,2H2,1H3;2H,1H3. The molecule has 0 amide bonds. The second-order valence-corrected chi connectivity index (χ2v) is 10.4. The molecule has 1 aliphatic rings. The third kappa shape index (κ3) is 11.5. The van der Waals surface area contributed by atoms with E-state index in [-0.39, 0.29) is 31.9 Å². The van der Waals surface area contributed by atoms with Crippen LogP contribution in [-0.4, -0.2) is 79.0 Å². The number of aliphatic hydroxyl groups is 2. The van der Waals surface area contributed by atoms with Gasteiger partial charge in [-0.25, -0.2) is 19.0 Å². The van der Waals surface area contributed by atoms with Crippen LogP contribution in [0.4, 0.5) is 14.5 Å². The number of pyridine rings is 1. The van der Waals surface area contributed by atoms with Crippen LogP contribution in [0.3, 0.4) is 0 Å². The molecule has 1 fully saturated rings. The number of aromatic nitrogens is 6. The molecule has 1 aliphatic carbocycles. The first-order valence-electron chi connectivity index (χ1n) is 14.5. The van der Waals surface area contributed by atoms with Gasteiger partial charge in [0.05, 0.1) is 24.3 Å². The first-order chi connectivity index (χ1) is 22.3. The zero-order valence-corrected chi connectivity index (χ0v) is 26.8. The number of esters is 1. The second-order valence-electron chi connectivity index (χ2n) is 9.51. The van der Waals surface area contributed by atoms with E-state index in [9.17, 15) is 23.2 Å². The number of carbonyl (C=O) groups is 3. The fraction of sp³-hybridized carbons (Fsp3) is 0.433. The molecule has 16 heteroatoms. The predicted molar refractivity (Wildman–Crippen MR) is 168 cm³/mol. The summed E-state index contributed by atoms with van der Waals surface area (Å²) in [6.07, 6.45) is 12.4. The number of aliphatic hydroxyl groups excluding tert-OH is 2. The van der Waals surface area contributed by atoms with Gasteiger partial charge in [0.25, 0.3) is 0 Å². The van der Waals surface area contributed by atoms with E-state index in [1.807, 2.05) is 10.9 Å². The topological polar surface area (TPSA) is 174 Å². The van der Waals surface area contributed by atoms with Gasteiger partial charge in [-0.3, -0.25) is 14.3 Å². The number of rotatable bonds is 10. The fourth-order valence-corrected chi connectivity index (χ4v) is 5.01. The van der Waals surface area contributed by atoms with E-state index in [1.54, 1.807) is 31.7 Å². The predicted octanol–water partition coefficient (Wildman–Crippen LogP) is 4.68. The van der Waals surface area contributed by atoms with Crippen LogP contribution in [0.1, 0.15) is 68.4 Å². The number of ether oxygens (including phenoxy) is 1. The summed E-state index contributed by atoms with van der Waals surface area (Å²) in [5.41, 5.74) is 2.09. The number of nitrogens with zero attached hydrogens (tertiary/aromatic N) is 6. The van der Waals surface area contributed by atoms with E-state index in [0.29, 0.717) is 40.7 Å². The van der Waals surface area contributed by atoms with E-state index in [2.05, 4.69) is 25.5 Å². The highest BCUT2D eigenvalue weighted by Crippen LogP contribution is 2.33. The Kier molecular flexibility index (Phi) is 16.9. The second kappa shape index (κ2) is 20.6. The molecule has 4 aromatic heterocycles. The van der Waals surface area contributed by atoms with Gasteiger partial charge in [0, 0.05) is 50.5 Å². The van der Waals surface area contributed by atoms with Gasteiger partial charge in [0.15, 0.2) is 18.8 Å². The lowest BCUT2D eigenvalue weighted by Gasteiger charge is -2.21. The highest BCUT2D eigenvalue weighted by molar-refractivity contribution is 7.13. The van der Waals surface area contributed by atoms with Crippen molar-refractivity contribution in [2.24, 2.45) is 0 Å². The monoisotopic (exact) mass is 663 g/mol. The quantitative estimate of drug-likeness (QED) is 0.122. The van der Waals surface area contributed by atoms with E-state index < -0.39 is 17.7 Å². The molecule has 0 radical (unpaired) electrons. The maximum atomic E-state index is 13.9. The molecule has 3 N–H and O–H groups in total. The highest BCUT2D eigenvalue weighted by atomic mass is 32.1. The number of thiazole rings is 1. The molecule has 0 aromatic carbocycles. The number of anilines is 1. The van der Waals surface area contributed by atoms with Crippen molar-refractivity contribution in [2.75, 3.05) is 26.1 Å². The average molecular weight is 664 g/mol. The smallest absolute Gasteiger partial charge is 0.308 e. The van der Waals surface area contributed by atoms with E-state index >= 15 is 0 Å². The van der Waals surface area contributed by atoms with Crippen molar-refractivity contribution in [3.63, 3.8) is 0 Å². The van der Waals surface area contributed by atoms with Crippen LogP contribution in [0.25, 0.3) is 22.0 Å². The minimum Gasteiger partial charge on any atom is -0.442 e. The van der Waals surface area contributed by atoms with Gasteiger partial charge in [-0.2, -0.15) is 14.6 Å². The summed E-state index contributed by atoms with van der Waals surface area (Å²) in [5, 5.41) is 28.4. The molecule has 0 aliphatic heterocycles. The third-order valence-electron chi connectivity index (χ3n) is 6.33. The summed E-state index contributed by atoms with van der Waals surface area (Å²) < 4.78 is 35.5. The summed E-state index contributed by atoms with van der Waals surface area (Å²) in [5.74, 6) is -1.73. The summed E-state index contributed by atoms with van der Waals surface area (Å²) in [7, 11) is 2.74. The summed E-state index contributed by atoms with van der Waals surface area (Å²) in [4.78, 5) is 39.6. The Morgan fingerprint density at radius 3 is 2.48 bits per heavy atom. The Hall–Kier alpha value is -4.41. The zero-order valence-electron chi connectivity index (χ0n) is 25.9. The number of carbonyl (C=O) groups excluding carboxylic acids is 3. The lowest BCUT2D eigenvalue weighted by molar-refractivity contribution is -0.148. The number of halogens is 2. The van der Waals surface area contributed by atoms with Crippen molar-refractivity contribution in [3.8, 4) is 22.0 Å². The van der Waals surface area contributed by atoms with Crippen molar-refractivity contribution in [1.82, 2.24) is 29.5 Å². The molecule has 0 unspecified atom stereocenters. The van der Waals surface area contributed by atoms with Gasteiger partial charge in [0.1, 0.15) is 28.4 Å². The van der Waals surface area contributed by atoms with E-state index in [0.717, 1.165) is 37.6 Å². The van der Waals surface area contributed by atoms with Crippen LogP contribution in [0.15, 0.2) is 36.1 Å². The fourth-order valence-electron chi connectivity index (χ4n) is 4.27. The van der Waals surface area contributed by atoms with Gasteiger partial charge in [-0.15, -0.1) is 11.3 Å². The van der Waals surface area contributed by atoms with Crippen molar-refractivity contribution < 1.29 is 38.1 Å². The van der Waals surface area contributed by atoms with Gasteiger partial charge < -0.3 is 25.1 Å². The number of aldehydes is 2. The van der Waals surface area contributed by atoms with Crippen LogP contribution in [0.5, 0.6) is 0 Å². The summed E-state index contributed by atoms with van der Waals surface area (Å²) in [6.45, 7) is 1.91. The zero-order chi connectivity index (χ0) is 33.9. The maximum Gasteiger partial charge on any atom is 0.308 e. The minimum atomic E-state index is -0.708. The maximum absolute atomic E-state index is 13.9. The van der Waals surface area contributed by atoms with Crippen molar-refractivity contribution >= 4 is 35.6 Å². The van der Waals surface area contributed by atoms with Crippen LogP contribution in [0, 0.1) is 11.8 Å². The first kappa shape index (κ1) is 37.8. The lowest BCUT2D eigenvalue weighted by atomic mass is 9.96. The van der Waals surface area contributed by atoms with Gasteiger partial charge in [0.2, 0.25) is 5.95 Å².